The molecule has 4 N–H and O–H groups in total. The highest BCUT2D eigenvalue weighted by Crippen LogP contribution is 2.36. The van der Waals surface area contributed by atoms with Crippen LogP contribution in [-0.2, 0) is 0 Å². The number of halogens is 1. The van der Waals surface area contributed by atoms with Gasteiger partial charge in [-0.2, -0.15) is 10.2 Å². The molecule has 0 radical (unpaired) electrons. The zero-order chi connectivity index (χ0) is 14.0. The van der Waals surface area contributed by atoms with Crippen molar-refractivity contribution < 1.29 is 4.74 Å². The second-order valence-corrected chi connectivity index (χ2v) is 4.78. The highest BCUT2D eigenvalue weighted by molar-refractivity contribution is 14.1. The van der Waals surface area contributed by atoms with Crippen molar-refractivity contribution in [2.45, 2.75) is 0 Å². The van der Waals surface area contributed by atoms with Gasteiger partial charge in [0.15, 0.2) is 0 Å². The predicted molar refractivity (Wildman–Crippen MR) is 80.3 cm³/mol. The van der Waals surface area contributed by atoms with E-state index in [1.807, 2.05) is 18.2 Å². The van der Waals surface area contributed by atoms with Gasteiger partial charge in [0, 0.05) is 3.57 Å². The van der Waals surface area contributed by atoms with Crippen LogP contribution in [0.4, 0.5) is 11.8 Å². The lowest BCUT2D eigenvalue weighted by Gasteiger charge is -2.12. The van der Waals surface area contributed by atoms with Crippen LogP contribution in [0.25, 0.3) is 11.3 Å². The van der Waals surface area contributed by atoms with Crippen molar-refractivity contribution in [1.29, 1.82) is 5.26 Å². The van der Waals surface area contributed by atoms with Crippen molar-refractivity contribution in [3.63, 3.8) is 0 Å². The molecule has 0 unspecified atom stereocenters. The first-order valence-corrected chi connectivity index (χ1v) is 6.32. The van der Waals surface area contributed by atoms with Gasteiger partial charge in [0.05, 0.1) is 12.7 Å². The number of nitrogens with two attached hydrogens (primary N) is 2. The number of hydrogen-bond acceptors (Lipinski definition) is 6. The third-order valence-corrected chi connectivity index (χ3v) is 3.40. The Labute approximate surface area is 123 Å². The molecule has 1 aromatic carbocycles. The molecule has 0 aliphatic carbocycles. The van der Waals surface area contributed by atoms with E-state index >= 15 is 0 Å². The molecular weight excluding hydrogens is 357 g/mol. The number of nitrogens with zero attached hydrogens (tertiary/aromatic N) is 3. The molecule has 0 fully saturated rings. The summed E-state index contributed by atoms with van der Waals surface area (Å²) in [5.74, 6) is 0.681. The summed E-state index contributed by atoms with van der Waals surface area (Å²) < 4.78 is 6.18. The molecule has 1 heterocycles. The monoisotopic (exact) mass is 367 g/mol. The zero-order valence-corrected chi connectivity index (χ0v) is 12.2. The Morgan fingerprint density at radius 2 is 2.05 bits per heavy atom. The summed E-state index contributed by atoms with van der Waals surface area (Å²) in [6, 6.07) is 7.52. The van der Waals surface area contributed by atoms with Gasteiger partial charge in [-0.25, -0.2) is 4.98 Å². The van der Waals surface area contributed by atoms with Gasteiger partial charge in [-0.05, 0) is 34.7 Å². The SMILES string of the molecule is COc1cccc(I)c1-c1nc(N)nc(N)c1C#N. The number of aromatic nitrogens is 2. The van der Waals surface area contributed by atoms with Gasteiger partial charge in [-0.3, -0.25) is 0 Å². The van der Waals surface area contributed by atoms with Crippen molar-refractivity contribution in [2.75, 3.05) is 18.6 Å². The number of anilines is 2. The number of ether oxygens (including phenoxy) is 1. The van der Waals surface area contributed by atoms with Gasteiger partial charge >= 0.3 is 0 Å². The van der Waals surface area contributed by atoms with E-state index in [0.717, 1.165) is 3.57 Å². The lowest BCUT2D eigenvalue weighted by Crippen LogP contribution is -2.06. The summed E-state index contributed by atoms with van der Waals surface area (Å²) in [4.78, 5) is 7.92. The molecule has 0 saturated heterocycles. The summed E-state index contributed by atoms with van der Waals surface area (Å²) in [6.45, 7) is 0. The fourth-order valence-electron chi connectivity index (χ4n) is 1.69. The Balaban J connectivity index is 2.83. The third kappa shape index (κ3) is 2.39. The maximum absolute atomic E-state index is 9.21. The van der Waals surface area contributed by atoms with Crippen molar-refractivity contribution >= 4 is 34.4 Å². The smallest absolute Gasteiger partial charge is 0.222 e. The number of benzene rings is 1. The largest absolute Gasteiger partial charge is 0.496 e. The second kappa shape index (κ2) is 5.27. The summed E-state index contributed by atoms with van der Waals surface area (Å²) in [6.07, 6.45) is 0. The van der Waals surface area contributed by atoms with Crippen LogP contribution in [0.2, 0.25) is 0 Å². The minimum atomic E-state index is 0.0215. The Morgan fingerprint density at radius 1 is 1.32 bits per heavy atom. The van der Waals surface area contributed by atoms with Crippen LogP contribution in [0.5, 0.6) is 5.75 Å². The first kappa shape index (κ1) is 13.4. The molecule has 0 bridgehead atoms. The maximum Gasteiger partial charge on any atom is 0.222 e. The lowest BCUT2D eigenvalue weighted by molar-refractivity contribution is 0.416. The van der Waals surface area contributed by atoms with E-state index in [9.17, 15) is 5.26 Å². The summed E-state index contributed by atoms with van der Waals surface area (Å²) >= 11 is 2.14. The van der Waals surface area contributed by atoms with Gasteiger partial charge in [-0.15, -0.1) is 0 Å². The third-order valence-electron chi connectivity index (χ3n) is 2.50. The second-order valence-electron chi connectivity index (χ2n) is 3.62. The molecule has 0 saturated carbocycles. The average molecular weight is 367 g/mol. The van der Waals surface area contributed by atoms with Crippen LogP contribution in [0.1, 0.15) is 5.56 Å². The Morgan fingerprint density at radius 3 is 2.68 bits per heavy atom. The fraction of sp³-hybridized carbons (Fsp3) is 0.0833. The Bertz CT molecular complexity index is 681. The van der Waals surface area contributed by atoms with Gasteiger partial charge in [0.2, 0.25) is 5.95 Å². The highest BCUT2D eigenvalue weighted by Gasteiger charge is 2.19. The molecule has 0 spiro atoms. The van der Waals surface area contributed by atoms with E-state index in [1.165, 1.54) is 0 Å². The summed E-state index contributed by atoms with van der Waals surface area (Å²) in [5.41, 5.74) is 12.6. The minimum absolute atomic E-state index is 0.0215. The van der Waals surface area contributed by atoms with Crippen LogP contribution in [0.3, 0.4) is 0 Å². The topological polar surface area (TPSA) is 111 Å². The summed E-state index contributed by atoms with van der Waals surface area (Å²) in [5, 5.41) is 9.21. The molecule has 7 heteroatoms. The maximum atomic E-state index is 9.21. The van der Waals surface area contributed by atoms with Crippen molar-refractivity contribution in [2.24, 2.45) is 0 Å². The van der Waals surface area contributed by atoms with Crippen LogP contribution in [0, 0.1) is 14.9 Å². The molecule has 6 nitrogen and oxygen atoms in total. The van der Waals surface area contributed by atoms with E-state index in [2.05, 4.69) is 32.6 Å². The van der Waals surface area contributed by atoms with Gasteiger partial charge in [0.1, 0.15) is 28.9 Å². The van der Waals surface area contributed by atoms with E-state index in [1.54, 1.807) is 13.2 Å². The average Bonchev–Trinajstić information content (AvgIpc) is 2.37. The zero-order valence-electron chi connectivity index (χ0n) is 10.0. The Hall–Kier alpha value is -2.08. The number of nitriles is 1. The van der Waals surface area contributed by atoms with E-state index < -0.39 is 0 Å². The van der Waals surface area contributed by atoms with Gasteiger partial charge < -0.3 is 16.2 Å². The Kier molecular flexibility index (Phi) is 3.71. The predicted octanol–water partition coefficient (Wildman–Crippen LogP) is 1.79. The standard InChI is InChI=1S/C12H10IN5O/c1-19-8-4-2-3-7(13)9(8)10-6(5-14)11(15)18-12(16)17-10/h2-4H,1H3,(H4,15,16,17,18). The quantitative estimate of drug-likeness (QED) is 0.783. The number of nitrogen functional groups attached to an aromatic ring is 2. The molecule has 19 heavy (non-hydrogen) atoms. The van der Waals surface area contributed by atoms with Crippen molar-refractivity contribution in [1.82, 2.24) is 9.97 Å². The number of hydrogen-bond donors (Lipinski definition) is 2. The molecule has 2 aromatic rings. The van der Waals surface area contributed by atoms with Crippen LogP contribution in [0.15, 0.2) is 18.2 Å². The first-order valence-electron chi connectivity index (χ1n) is 5.24. The summed E-state index contributed by atoms with van der Waals surface area (Å²) in [7, 11) is 1.55. The number of rotatable bonds is 2. The first-order chi connectivity index (χ1) is 9.08. The van der Waals surface area contributed by atoms with E-state index in [4.69, 9.17) is 16.2 Å². The lowest BCUT2D eigenvalue weighted by atomic mass is 10.1. The molecule has 0 amide bonds. The molecule has 0 atom stereocenters. The molecule has 96 valence electrons. The molecule has 2 rings (SSSR count). The molecule has 1 aromatic heterocycles. The molecule has 0 aliphatic heterocycles. The van der Waals surface area contributed by atoms with Gasteiger partial charge in [0.25, 0.3) is 0 Å². The number of methoxy groups -OCH3 is 1. The van der Waals surface area contributed by atoms with E-state index in [0.29, 0.717) is 17.0 Å². The van der Waals surface area contributed by atoms with Crippen LogP contribution in [-0.4, -0.2) is 17.1 Å². The molecular formula is C12H10IN5O. The van der Waals surface area contributed by atoms with Crippen LogP contribution < -0.4 is 16.2 Å². The van der Waals surface area contributed by atoms with Crippen LogP contribution >= 0.6 is 22.6 Å². The van der Waals surface area contributed by atoms with E-state index in [-0.39, 0.29) is 17.3 Å². The molecule has 0 aliphatic rings. The highest BCUT2D eigenvalue weighted by atomic mass is 127. The van der Waals surface area contributed by atoms with Crippen molar-refractivity contribution in [3.05, 3.63) is 27.3 Å². The fourth-order valence-corrected chi connectivity index (χ4v) is 2.42. The minimum Gasteiger partial charge on any atom is -0.496 e. The van der Waals surface area contributed by atoms with Gasteiger partial charge in [-0.1, -0.05) is 6.07 Å². The normalized spacial score (nSPS) is 9.95. The van der Waals surface area contributed by atoms with Crippen molar-refractivity contribution in [3.8, 4) is 23.1 Å².